The zero-order valence-corrected chi connectivity index (χ0v) is 13.2. The zero-order valence-electron chi connectivity index (χ0n) is 11.6. The first-order valence-corrected chi connectivity index (χ1v) is 8.40. The second kappa shape index (κ2) is 6.81. The number of hydrogen-bond acceptors (Lipinski definition) is 3. The first-order valence-electron chi connectivity index (χ1n) is 7.48. The molecule has 3 rings (SSSR count). The molecule has 0 bridgehead atoms. The van der Waals surface area contributed by atoms with Crippen LogP contribution < -0.4 is 9.47 Å². The van der Waals surface area contributed by atoms with E-state index in [2.05, 4.69) is 28.1 Å². The topological polar surface area (TPSA) is 27.7 Å². The Morgan fingerprint density at radius 2 is 1.95 bits per heavy atom. The monoisotopic (exact) mass is 340 g/mol. The van der Waals surface area contributed by atoms with Crippen LogP contribution >= 0.6 is 15.9 Å². The highest BCUT2D eigenvalue weighted by molar-refractivity contribution is 9.09. The molecule has 110 valence electrons. The van der Waals surface area contributed by atoms with E-state index in [-0.39, 0.29) is 0 Å². The van der Waals surface area contributed by atoms with Crippen molar-refractivity contribution in [1.82, 2.24) is 0 Å². The molecular formula is C16H21BrO3. The summed E-state index contributed by atoms with van der Waals surface area (Å²) >= 11 is 3.79. The van der Waals surface area contributed by atoms with Gasteiger partial charge in [-0.15, -0.1) is 0 Å². The highest BCUT2D eigenvalue weighted by atomic mass is 79.9. The quantitative estimate of drug-likeness (QED) is 0.767. The zero-order chi connectivity index (χ0) is 13.8. The van der Waals surface area contributed by atoms with Gasteiger partial charge in [0.2, 0.25) is 0 Å². The highest BCUT2D eigenvalue weighted by Gasteiger charge is 2.19. The average molecular weight is 341 g/mol. The molecule has 0 amide bonds. The number of hydrogen-bond donors (Lipinski definition) is 0. The first-order chi connectivity index (χ1) is 9.83. The predicted octanol–water partition coefficient (Wildman–Crippen LogP) is 4.24. The lowest BCUT2D eigenvalue weighted by Crippen LogP contribution is -2.06. The molecule has 3 nitrogen and oxygen atoms in total. The molecule has 2 aliphatic rings. The Balaban J connectivity index is 1.62. The smallest absolute Gasteiger partial charge is 0.161 e. The van der Waals surface area contributed by atoms with Crippen LogP contribution in [0.1, 0.15) is 42.5 Å². The van der Waals surface area contributed by atoms with Gasteiger partial charge in [0.15, 0.2) is 11.5 Å². The molecule has 2 aliphatic heterocycles. The maximum absolute atomic E-state index is 5.75. The third kappa shape index (κ3) is 3.47. The van der Waals surface area contributed by atoms with Gasteiger partial charge in [0.25, 0.3) is 0 Å². The van der Waals surface area contributed by atoms with E-state index >= 15 is 0 Å². The van der Waals surface area contributed by atoms with Crippen molar-refractivity contribution in [1.29, 1.82) is 0 Å². The largest absolute Gasteiger partial charge is 0.490 e. The van der Waals surface area contributed by atoms with Gasteiger partial charge in [-0.1, -0.05) is 22.0 Å². The van der Waals surface area contributed by atoms with Crippen molar-refractivity contribution in [3.63, 3.8) is 0 Å². The normalized spacial score (nSPS) is 23.4. The van der Waals surface area contributed by atoms with E-state index in [9.17, 15) is 0 Å². The molecule has 0 radical (unpaired) electrons. The van der Waals surface area contributed by atoms with Crippen LogP contribution in [0, 0.1) is 0 Å². The molecule has 1 saturated heterocycles. The van der Waals surface area contributed by atoms with Gasteiger partial charge in [-0.25, -0.2) is 0 Å². The molecule has 20 heavy (non-hydrogen) atoms. The number of halogens is 1. The molecule has 0 aromatic heterocycles. The molecule has 0 N–H and O–H groups in total. The van der Waals surface area contributed by atoms with Crippen LogP contribution in [0.25, 0.3) is 0 Å². The van der Waals surface area contributed by atoms with Crippen LogP contribution in [-0.2, 0) is 4.74 Å². The number of fused-ring (bicyclic) bond motifs is 1. The lowest BCUT2D eigenvalue weighted by Gasteiger charge is -2.15. The fraction of sp³-hybridized carbons (Fsp3) is 0.625. The molecular weight excluding hydrogens is 320 g/mol. The second-order valence-corrected chi connectivity index (χ2v) is 6.54. The molecule has 2 unspecified atom stereocenters. The first kappa shape index (κ1) is 14.2. The number of alkyl halides is 1. The highest BCUT2D eigenvalue weighted by Crippen LogP contribution is 2.37. The van der Waals surface area contributed by atoms with Crippen LogP contribution in [0.15, 0.2) is 18.2 Å². The minimum atomic E-state index is 0.351. The van der Waals surface area contributed by atoms with Crippen LogP contribution in [0.3, 0.4) is 0 Å². The summed E-state index contributed by atoms with van der Waals surface area (Å²) in [4.78, 5) is 0.351. The molecule has 0 saturated carbocycles. The fourth-order valence-electron chi connectivity index (χ4n) is 2.75. The van der Waals surface area contributed by atoms with Crippen molar-refractivity contribution in [2.45, 2.75) is 43.0 Å². The number of ether oxygens (including phenoxy) is 3. The van der Waals surface area contributed by atoms with Gasteiger partial charge in [0.1, 0.15) is 0 Å². The van der Waals surface area contributed by atoms with Gasteiger partial charge in [0.05, 0.1) is 19.3 Å². The maximum atomic E-state index is 5.75. The van der Waals surface area contributed by atoms with E-state index < -0.39 is 0 Å². The van der Waals surface area contributed by atoms with Crippen LogP contribution in [0.5, 0.6) is 11.5 Å². The average Bonchev–Trinajstić information content (AvgIpc) is 2.88. The SMILES string of the molecule is BrC(CCC1CCCO1)c1ccc2c(c1)OCCCO2. The van der Waals surface area contributed by atoms with E-state index in [4.69, 9.17) is 14.2 Å². The summed E-state index contributed by atoms with van der Waals surface area (Å²) < 4.78 is 17.1. The van der Waals surface area contributed by atoms with Gasteiger partial charge in [-0.3, -0.25) is 0 Å². The van der Waals surface area contributed by atoms with E-state index in [1.54, 1.807) is 0 Å². The summed E-state index contributed by atoms with van der Waals surface area (Å²) in [5.74, 6) is 1.74. The Labute approximate surface area is 128 Å². The van der Waals surface area contributed by atoms with E-state index in [0.717, 1.165) is 50.6 Å². The molecule has 2 atom stereocenters. The van der Waals surface area contributed by atoms with Crippen LogP contribution in [0.4, 0.5) is 0 Å². The van der Waals surface area contributed by atoms with Crippen molar-refractivity contribution >= 4 is 15.9 Å². The minimum Gasteiger partial charge on any atom is -0.490 e. The lowest BCUT2D eigenvalue weighted by molar-refractivity contribution is 0.102. The Kier molecular flexibility index (Phi) is 4.84. The number of rotatable bonds is 4. The standard InChI is InChI=1S/C16H21BrO3/c17-14(6-5-13-3-1-8-18-13)12-4-7-15-16(11-12)20-10-2-9-19-15/h4,7,11,13-14H,1-3,5-6,8-10H2. The summed E-state index contributed by atoms with van der Waals surface area (Å²) in [6.07, 6.45) is 6.02. The molecule has 4 heteroatoms. The Morgan fingerprint density at radius 1 is 1.10 bits per heavy atom. The summed E-state index contributed by atoms with van der Waals surface area (Å²) in [5, 5.41) is 0. The summed E-state index contributed by atoms with van der Waals surface area (Å²) in [5.41, 5.74) is 1.26. The Hall–Kier alpha value is -0.740. The molecule has 0 aliphatic carbocycles. The molecule has 0 spiro atoms. The van der Waals surface area contributed by atoms with Crippen LogP contribution in [0.2, 0.25) is 0 Å². The summed E-state index contributed by atoms with van der Waals surface area (Å²) in [6.45, 7) is 2.41. The van der Waals surface area contributed by atoms with Gasteiger partial charge in [0, 0.05) is 17.9 Å². The minimum absolute atomic E-state index is 0.351. The molecule has 2 heterocycles. The van der Waals surface area contributed by atoms with Crippen molar-refractivity contribution in [3.8, 4) is 11.5 Å². The van der Waals surface area contributed by atoms with Crippen molar-refractivity contribution in [2.75, 3.05) is 19.8 Å². The van der Waals surface area contributed by atoms with Crippen LogP contribution in [-0.4, -0.2) is 25.9 Å². The van der Waals surface area contributed by atoms with E-state index in [0.29, 0.717) is 10.9 Å². The maximum Gasteiger partial charge on any atom is 0.161 e. The predicted molar refractivity (Wildman–Crippen MR) is 81.9 cm³/mol. The van der Waals surface area contributed by atoms with E-state index in [1.807, 2.05) is 6.07 Å². The van der Waals surface area contributed by atoms with Gasteiger partial charge in [-0.05, 0) is 43.4 Å². The van der Waals surface area contributed by atoms with Gasteiger partial charge in [-0.2, -0.15) is 0 Å². The number of benzene rings is 1. The third-order valence-corrected chi connectivity index (χ3v) is 4.89. The Bertz CT molecular complexity index is 443. The van der Waals surface area contributed by atoms with Crippen molar-refractivity contribution < 1.29 is 14.2 Å². The van der Waals surface area contributed by atoms with Gasteiger partial charge < -0.3 is 14.2 Å². The summed E-state index contributed by atoms with van der Waals surface area (Å²) in [7, 11) is 0. The van der Waals surface area contributed by atoms with Crippen molar-refractivity contribution in [3.05, 3.63) is 23.8 Å². The molecule has 1 aromatic carbocycles. The van der Waals surface area contributed by atoms with Crippen molar-refractivity contribution in [2.24, 2.45) is 0 Å². The Morgan fingerprint density at radius 3 is 2.75 bits per heavy atom. The lowest BCUT2D eigenvalue weighted by atomic mass is 10.0. The molecule has 1 aromatic rings. The van der Waals surface area contributed by atoms with E-state index in [1.165, 1.54) is 18.4 Å². The van der Waals surface area contributed by atoms with Gasteiger partial charge >= 0.3 is 0 Å². The second-order valence-electron chi connectivity index (χ2n) is 5.44. The summed E-state index contributed by atoms with van der Waals surface area (Å²) in [6, 6.07) is 6.26. The molecule has 1 fully saturated rings. The third-order valence-electron chi connectivity index (χ3n) is 3.90. The fourth-order valence-corrected chi connectivity index (χ4v) is 3.29.